The lowest BCUT2D eigenvalue weighted by molar-refractivity contribution is 0.168. The van der Waals surface area contributed by atoms with E-state index in [0.717, 1.165) is 37.5 Å². The first-order chi connectivity index (χ1) is 7.36. The summed E-state index contributed by atoms with van der Waals surface area (Å²) in [6.45, 7) is 0.861. The zero-order valence-electron chi connectivity index (χ0n) is 9.28. The number of thioether (sulfide) groups is 1. The average Bonchev–Trinajstić information content (AvgIpc) is 2.31. The summed E-state index contributed by atoms with van der Waals surface area (Å²) >= 11 is 2.07. The summed E-state index contributed by atoms with van der Waals surface area (Å²) in [5.74, 6) is 4.52. The van der Waals surface area contributed by atoms with E-state index in [1.807, 2.05) is 0 Å². The van der Waals surface area contributed by atoms with E-state index < -0.39 is 0 Å². The zero-order valence-corrected chi connectivity index (χ0v) is 10.1. The lowest BCUT2D eigenvalue weighted by Crippen LogP contribution is -2.29. The average molecular weight is 227 g/mol. The molecule has 0 aromatic heterocycles. The highest BCUT2D eigenvalue weighted by molar-refractivity contribution is 7.99. The van der Waals surface area contributed by atoms with Crippen LogP contribution in [0, 0.1) is 5.92 Å². The number of rotatable bonds is 3. The summed E-state index contributed by atoms with van der Waals surface area (Å²) in [4.78, 5) is 0. The molecular formula is C12H21NOS. The summed E-state index contributed by atoms with van der Waals surface area (Å²) in [7, 11) is 0. The Bertz CT molecular complexity index is 224. The first-order valence-electron chi connectivity index (χ1n) is 6.02. The minimum atomic E-state index is 0.151. The van der Waals surface area contributed by atoms with Gasteiger partial charge in [0.1, 0.15) is 5.76 Å². The molecule has 0 saturated carbocycles. The van der Waals surface area contributed by atoms with Gasteiger partial charge in [-0.3, -0.25) is 0 Å². The van der Waals surface area contributed by atoms with Gasteiger partial charge in [-0.1, -0.05) is 0 Å². The van der Waals surface area contributed by atoms with Crippen molar-refractivity contribution in [3.05, 3.63) is 11.8 Å². The Labute approximate surface area is 96.6 Å². The standard InChI is InChI=1S/C12H21NOS/c13-11(12-3-1-2-6-14-12)9-10-4-7-15-8-5-10/h3,10-11H,1-2,4-9,13H2. The monoisotopic (exact) mass is 227 g/mol. The van der Waals surface area contributed by atoms with Crippen molar-refractivity contribution >= 4 is 11.8 Å². The van der Waals surface area contributed by atoms with Gasteiger partial charge in [0.2, 0.25) is 0 Å². The quantitative estimate of drug-likeness (QED) is 0.804. The Kier molecular flexibility index (Phi) is 4.39. The van der Waals surface area contributed by atoms with Crippen LogP contribution < -0.4 is 5.73 Å². The largest absolute Gasteiger partial charge is 0.497 e. The Morgan fingerprint density at radius 1 is 1.47 bits per heavy atom. The van der Waals surface area contributed by atoms with Crippen LogP contribution in [0.25, 0.3) is 0 Å². The maximum absolute atomic E-state index is 6.18. The summed E-state index contributed by atoms with van der Waals surface area (Å²) in [5.41, 5.74) is 6.18. The van der Waals surface area contributed by atoms with E-state index in [9.17, 15) is 0 Å². The number of ether oxygens (including phenoxy) is 1. The predicted molar refractivity (Wildman–Crippen MR) is 65.9 cm³/mol. The predicted octanol–water partition coefficient (Wildman–Crippen LogP) is 2.54. The second-order valence-corrected chi connectivity index (χ2v) is 5.72. The van der Waals surface area contributed by atoms with Gasteiger partial charge in [-0.15, -0.1) is 0 Å². The van der Waals surface area contributed by atoms with Crippen molar-refractivity contribution in [2.75, 3.05) is 18.1 Å². The van der Waals surface area contributed by atoms with Crippen molar-refractivity contribution in [2.24, 2.45) is 11.7 Å². The molecule has 3 heteroatoms. The van der Waals surface area contributed by atoms with Crippen LogP contribution >= 0.6 is 11.8 Å². The second kappa shape index (κ2) is 5.80. The van der Waals surface area contributed by atoms with E-state index in [1.54, 1.807) is 0 Å². The fraction of sp³-hybridized carbons (Fsp3) is 0.833. The lowest BCUT2D eigenvalue weighted by Gasteiger charge is -2.26. The molecule has 2 aliphatic heterocycles. The van der Waals surface area contributed by atoms with Crippen LogP contribution in [0.3, 0.4) is 0 Å². The van der Waals surface area contributed by atoms with E-state index >= 15 is 0 Å². The second-order valence-electron chi connectivity index (χ2n) is 4.50. The molecule has 0 amide bonds. The molecule has 1 atom stereocenters. The van der Waals surface area contributed by atoms with E-state index in [2.05, 4.69) is 17.8 Å². The fourth-order valence-electron chi connectivity index (χ4n) is 2.29. The van der Waals surface area contributed by atoms with Crippen molar-refractivity contribution in [3.63, 3.8) is 0 Å². The zero-order chi connectivity index (χ0) is 10.5. The fourth-order valence-corrected chi connectivity index (χ4v) is 3.50. The molecule has 2 nitrogen and oxygen atoms in total. The van der Waals surface area contributed by atoms with Crippen LogP contribution in [0.2, 0.25) is 0 Å². The van der Waals surface area contributed by atoms with E-state index in [0.29, 0.717) is 0 Å². The molecule has 1 unspecified atom stereocenters. The van der Waals surface area contributed by atoms with E-state index in [1.165, 1.54) is 24.3 Å². The normalized spacial score (nSPS) is 25.5. The van der Waals surface area contributed by atoms with Crippen molar-refractivity contribution in [1.82, 2.24) is 0 Å². The van der Waals surface area contributed by atoms with E-state index in [4.69, 9.17) is 10.5 Å². The minimum Gasteiger partial charge on any atom is -0.497 e. The van der Waals surface area contributed by atoms with Crippen LogP contribution in [0.15, 0.2) is 11.8 Å². The van der Waals surface area contributed by atoms with Gasteiger partial charge < -0.3 is 10.5 Å². The third-order valence-electron chi connectivity index (χ3n) is 3.26. The minimum absolute atomic E-state index is 0.151. The van der Waals surface area contributed by atoms with Crippen molar-refractivity contribution in [2.45, 2.75) is 38.1 Å². The SMILES string of the molecule is NC(CC1CCSCC1)C1=CCCCO1. The van der Waals surface area contributed by atoms with Gasteiger partial charge >= 0.3 is 0 Å². The third-order valence-corrected chi connectivity index (χ3v) is 4.31. The molecule has 2 heterocycles. The molecule has 2 aliphatic rings. The molecule has 0 spiro atoms. The first kappa shape index (κ1) is 11.3. The molecular weight excluding hydrogens is 206 g/mol. The first-order valence-corrected chi connectivity index (χ1v) is 7.18. The van der Waals surface area contributed by atoms with Crippen molar-refractivity contribution in [3.8, 4) is 0 Å². The van der Waals surface area contributed by atoms with Gasteiger partial charge in [-0.2, -0.15) is 11.8 Å². The Balaban J connectivity index is 1.79. The third kappa shape index (κ3) is 3.42. The van der Waals surface area contributed by atoms with Crippen molar-refractivity contribution in [1.29, 1.82) is 0 Å². The van der Waals surface area contributed by atoms with Crippen LogP contribution in [0.4, 0.5) is 0 Å². The number of nitrogens with two attached hydrogens (primary N) is 1. The Hall–Kier alpha value is -0.150. The van der Waals surface area contributed by atoms with Crippen LogP contribution in [0.1, 0.15) is 32.1 Å². The molecule has 2 rings (SSSR count). The summed E-state index contributed by atoms with van der Waals surface area (Å²) < 4.78 is 5.61. The summed E-state index contributed by atoms with van der Waals surface area (Å²) in [6, 6.07) is 0.151. The highest BCUT2D eigenvalue weighted by atomic mass is 32.2. The number of allylic oxidation sites excluding steroid dienone is 1. The number of hydrogen-bond donors (Lipinski definition) is 1. The maximum Gasteiger partial charge on any atom is 0.109 e. The van der Waals surface area contributed by atoms with Gasteiger partial charge in [0.05, 0.1) is 12.6 Å². The Morgan fingerprint density at radius 3 is 2.93 bits per heavy atom. The molecule has 2 N–H and O–H groups in total. The highest BCUT2D eigenvalue weighted by Gasteiger charge is 2.20. The molecule has 0 radical (unpaired) electrons. The molecule has 0 aromatic rings. The summed E-state index contributed by atoms with van der Waals surface area (Å²) in [6.07, 6.45) is 8.27. The lowest BCUT2D eigenvalue weighted by atomic mass is 9.93. The van der Waals surface area contributed by atoms with Crippen LogP contribution in [-0.2, 0) is 4.74 Å². The van der Waals surface area contributed by atoms with Gasteiger partial charge in [-0.25, -0.2) is 0 Å². The van der Waals surface area contributed by atoms with Gasteiger partial charge in [-0.05, 0) is 55.6 Å². The molecule has 86 valence electrons. The van der Waals surface area contributed by atoms with Crippen LogP contribution in [0.5, 0.6) is 0 Å². The van der Waals surface area contributed by atoms with Gasteiger partial charge in [0.15, 0.2) is 0 Å². The van der Waals surface area contributed by atoms with Crippen molar-refractivity contribution < 1.29 is 4.74 Å². The molecule has 1 fully saturated rings. The maximum atomic E-state index is 6.18. The highest BCUT2D eigenvalue weighted by Crippen LogP contribution is 2.28. The van der Waals surface area contributed by atoms with Crippen LogP contribution in [-0.4, -0.2) is 24.2 Å². The molecule has 0 aromatic carbocycles. The summed E-state index contributed by atoms with van der Waals surface area (Å²) in [5, 5.41) is 0. The smallest absolute Gasteiger partial charge is 0.109 e. The molecule has 15 heavy (non-hydrogen) atoms. The molecule has 1 saturated heterocycles. The Morgan fingerprint density at radius 2 is 2.27 bits per heavy atom. The molecule has 0 bridgehead atoms. The van der Waals surface area contributed by atoms with Gasteiger partial charge in [0, 0.05) is 0 Å². The van der Waals surface area contributed by atoms with E-state index in [-0.39, 0.29) is 6.04 Å². The molecule has 0 aliphatic carbocycles. The number of hydrogen-bond acceptors (Lipinski definition) is 3. The topological polar surface area (TPSA) is 35.2 Å². The van der Waals surface area contributed by atoms with Gasteiger partial charge in [0.25, 0.3) is 0 Å².